The number of hydrogen-bond donors (Lipinski definition) is 2. The molecular weight excluding hydrogens is 238 g/mol. The fourth-order valence-electron chi connectivity index (χ4n) is 1.18. The van der Waals surface area contributed by atoms with Gasteiger partial charge in [-0.15, -0.1) is 10.2 Å². The van der Waals surface area contributed by atoms with E-state index >= 15 is 0 Å². The van der Waals surface area contributed by atoms with Crippen LogP contribution in [0.25, 0.3) is 0 Å². The summed E-state index contributed by atoms with van der Waals surface area (Å²) in [5.41, 5.74) is -0.0663. The van der Waals surface area contributed by atoms with Gasteiger partial charge >= 0.3 is 5.97 Å². The molecule has 0 aliphatic carbocycles. The van der Waals surface area contributed by atoms with Crippen LogP contribution in [0.2, 0.25) is 0 Å². The van der Waals surface area contributed by atoms with Crippen LogP contribution in [0.4, 0.5) is 5.82 Å². The first kappa shape index (κ1) is 14.3. The Morgan fingerprint density at radius 3 is 2.78 bits per heavy atom. The number of anilines is 1. The van der Waals surface area contributed by atoms with Crippen molar-refractivity contribution in [3.63, 3.8) is 0 Å². The molecular formula is C11H17N3O4. The van der Waals surface area contributed by atoms with Gasteiger partial charge in [0.1, 0.15) is 5.82 Å². The summed E-state index contributed by atoms with van der Waals surface area (Å²) in [6.45, 7) is 2.50. The van der Waals surface area contributed by atoms with Crippen molar-refractivity contribution in [1.82, 2.24) is 10.2 Å². The molecule has 18 heavy (non-hydrogen) atoms. The van der Waals surface area contributed by atoms with Gasteiger partial charge in [-0.3, -0.25) is 0 Å². The van der Waals surface area contributed by atoms with E-state index in [0.717, 1.165) is 6.42 Å². The molecule has 0 saturated carbocycles. The van der Waals surface area contributed by atoms with Crippen LogP contribution in [-0.4, -0.2) is 54.7 Å². The normalized spacial score (nSPS) is 10.3. The van der Waals surface area contributed by atoms with Crippen LogP contribution in [0.15, 0.2) is 12.1 Å². The predicted molar refractivity (Wildman–Crippen MR) is 64.8 cm³/mol. The van der Waals surface area contributed by atoms with Gasteiger partial charge in [-0.2, -0.15) is 0 Å². The third kappa shape index (κ3) is 5.55. The zero-order chi connectivity index (χ0) is 13.2. The van der Waals surface area contributed by atoms with E-state index < -0.39 is 5.97 Å². The predicted octanol–water partition coefficient (Wildman–Crippen LogP) is 0.640. The van der Waals surface area contributed by atoms with Crippen molar-refractivity contribution in [3.8, 4) is 0 Å². The van der Waals surface area contributed by atoms with Crippen molar-refractivity contribution < 1.29 is 19.4 Å². The average Bonchev–Trinajstić information content (AvgIpc) is 2.38. The second-order valence-electron chi connectivity index (χ2n) is 3.49. The van der Waals surface area contributed by atoms with Crippen LogP contribution < -0.4 is 5.32 Å². The molecule has 0 amide bonds. The number of aromatic nitrogens is 2. The molecule has 1 heterocycles. The molecule has 2 N–H and O–H groups in total. The van der Waals surface area contributed by atoms with E-state index in [4.69, 9.17) is 14.6 Å². The maximum atomic E-state index is 10.5. The zero-order valence-corrected chi connectivity index (χ0v) is 10.3. The molecule has 7 heteroatoms. The highest BCUT2D eigenvalue weighted by atomic mass is 16.5. The Morgan fingerprint density at radius 1 is 1.33 bits per heavy atom. The molecule has 1 rings (SSSR count). The summed E-state index contributed by atoms with van der Waals surface area (Å²) in [6.07, 6.45) is 0.825. The van der Waals surface area contributed by atoms with E-state index in [1.54, 1.807) is 13.2 Å². The largest absolute Gasteiger partial charge is 0.476 e. The summed E-state index contributed by atoms with van der Waals surface area (Å²) < 4.78 is 10.1. The average molecular weight is 255 g/mol. The zero-order valence-electron chi connectivity index (χ0n) is 10.3. The molecule has 0 fully saturated rings. The van der Waals surface area contributed by atoms with Gasteiger partial charge in [-0.05, 0) is 18.6 Å². The van der Waals surface area contributed by atoms with Gasteiger partial charge < -0.3 is 19.9 Å². The number of aromatic carboxylic acids is 1. The van der Waals surface area contributed by atoms with E-state index in [2.05, 4.69) is 15.5 Å². The molecule has 0 bridgehead atoms. The molecule has 0 unspecified atom stereocenters. The summed E-state index contributed by atoms with van der Waals surface area (Å²) in [6, 6.07) is 3.00. The summed E-state index contributed by atoms with van der Waals surface area (Å²) >= 11 is 0. The Hall–Kier alpha value is -1.73. The van der Waals surface area contributed by atoms with Crippen molar-refractivity contribution in [2.75, 3.05) is 38.8 Å². The first-order valence-corrected chi connectivity index (χ1v) is 5.61. The van der Waals surface area contributed by atoms with Crippen LogP contribution in [0.3, 0.4) is 0 Å². The molecule has 1 aromatic heterocycles. The van der Waals surface area contributed by atoms with Gasteiger partial charge in [-0.1, -0.05) is 0 Å². The SMILES string of the molecule is COCCOCCCNc1ccc(C(=O)O)nn1. The smallest absolute Gasteiger partial charge is 0.356 e. The van der Waals surface area contributed by atoms with Crippen LogP contribution in [-0.2, 0) is 9.47 Å². The number of ether oxygens (including phenoxy) is 2. The van der Waals surface area contributed by atoms with E-state index in [1.807, 2.05) is 0 Å². The molecule has 0 saturated heterocycles. The highest BCUT2D eigenvalue weighted by Crippen LogP contribution is 2.01. The number of nitrogens with zero attached hydrogens (tertiary/aromatic N) is 2. The molecule has 100 valence electrons. The minimum atomic E-state index is -1.08. The first-order valence-electron chi connectivity index (χ1n) is 5.61. The lowest BCUT2D eigenvalue weighted by Gasteiger charge is -2.05. The van der Waals surface area contributed by atoms with Gasteiger partial charge in [-0.25, -0.2) is 4.79 Å². The second-order valence-corrected chi connectivity index (χ2v) is 3.49. The number of methoxy groups -OCH3 is 1. The molecule has 0 spiro atoms. The van der Waals surface area contributed by atoms with Crippen molar-refractivity contribution in [2.45, 2.75) is 6.42 Å². The second kappa shape index (κ2) is 8.37. The lowest BCUT2D eigenvalue weighted by molar-refractivity contribution is 0.0689. The lowest BCUT2D eigenvalue weighted by Crippen LogP contribution is -2.10. The summed E-state index contributed by atoms with van der Waals surface area (Å²) in [5, 5.41) is 19.0. The van der Waals surface area contributed by atoms with Gasteiger partial charge in [0.25, 0.3) is 0 Å². The number of carboxylic acid groups (broad SMARTS) is 1. The Kier molecular flexibility index (Phi) is 6.67. The number of carbonyl (C=O) groups is 1. The Bertz CT molecular complexity index is 356. The third-order valence-electron chi connectivity index (χ3n) is 2.09. The molecule has 1 aromatic rings. The van der Waals surface area contributed by atoms with E-state index in [0.29, 0.717) is 32.2 Å². The standard InChI is InChI=1S/C11H17N3O4/c1-17-7-8-18-6-2-5-12-10-4-3-9(11(15)16)13-14-10/h3-4H,2,5-8H2,1H3,(H,12,14)(H,15,16). The van der Waals surface area contributed by atoms with Gasteiger partial charge in [0.15, 0.2) is 5.69 Å². The van der Waals surface area contributed by atoms with Crippen molar-refractivity contribution in [3.05, 3.63) is 17.8 Å². The fraction of sp³-hybridized carbons (Fsp3) is 0.545. The summed E-state index contributed by atoms with van der Waals surface area (Å²) in [4.78, 5) is 10.5. The molecule has 0 aromatic carbocycles. The highest BCUT2D eigenvalue weighted by molar-refractivity contribution is 5.85. The number of hydrogen-bond acceptors (Lipinski definition) is 6. The number of rotatable bonds is 9. The van der Waals surface area contributed by atoms with Crippen LogP contribution in [0, 0.1) is 0 Å². The maximum Gasteiger partial charge on any atom is 0.356 e. The van der Waals surface area contributed by atoms with E-state index in [9.17, 15) is 4.79 Å². The Labute approximate surface area is 105 Å². The van der Waals surface area contributed by atoms with Crippen molar-refractivity contribution >= 4 is 11.8 Å². The third-order valence-corrected chi connectivity index (χ3v) is 2.09. The first-order chi connectivity index (χ1) is 8.74. The topological polar surface area (TPSA) is 93.6 Å². The molecule has 0 atom stereocenters. The molecule has 7 nitrogen and oxygen atoms in total. The number of carboxylic acids is 1. The van der Waals surface area contributed by atoms with Gasteiger partial charge in [0.05, 0.1) is 13.2 Å². The molecule has 0 aliphatic rings. The number of nitrogens with one attached hydrogen (secondary N) is 1. The summed E-state index contributed by atoms with van der Waals surface area (Å²) in [7, 11) is 1.63. The van der Waals surface area contributed by atoms with E-state index in [-0.39, 0.29) is 5.69 Å². The summed E-state index contributed by atoms with van der Waals surface area (Å²) in [5.74, 6) is -0.530. The highest BCUT2D eigenvalue weighted by Gasteiger charge is 2.04. The molecule has 0 aliphatic heterocycles. The monoisotopic (exact) mass is 255 g/mol. The maximum absolute atomic E-state index is 10.5. The molecule has 0 radical (unpaired) electrons. The quantitative estimate of drug-likeness (QED) is 0.625. The Morgan fingerprint density at radius 2 is 2.17 bits per heavy atom. The van der Waals surface area contributed by atoms with Crippen molar-refractivity contribution in [2.24, 2.45) is 0 Å². The minimum absolute atomic E-state index is 0.0663. The van der Waals surface area contributed by atoms with Crippen LogP contribution in [0.5, 0.6) is 0 Å². The van der Waals surface area contributed by atoms with Crippen LogP contribution >= 0.6 is 0 Å². The van der Waals surface area contributed by atoms with Crippen LogP contribution in [0.1, 0.15) is 16.9 Å². The van der Waals surface area contributed by atoms with Crippen molar-refractivity contribution in [1.29, 1.82) is 0 Å². The van der Waals surface area contributed by atoms with E-state index in [1.165, 1.54) is 6.07 Å². The Balaban J connectivity index is 2.14. The fourth-order valence-corrected chi connectivity index (χ4v) is 1.18. The van der Waals surface area contributed by atoms with Gasteiger partial charge in [0, 0.05) is 20.3 Å². The minimum Gasteiger partial charge on any atom is -0.476 e. The van der Waals surface area contributed by atoms with Gasteiger partial charge in [0.2, 0.25) is 0 Å². The lowest BCUT2D eigenvalue weighted by atomic mass is 10.4.